The van der Waals surface area contributed by atoms with E-state index in [4.69, 9.17) is 9.47 Å². The van der Waals surface area contributed by atoms with E-state index >= 15 is 0 Å². The highest BCUT2D eigenvalue weighted by Gasteiger charge is 2.42. The fourth-order valence-electron chi connectivity index (χ4n) is 1.93. The predicted octanol–water partition coefficient (Wildman–Crippen LogP) is 0.848. The first-order chi connectivity index (χ1) is 7.96. The number of carbonyl (C=O) groups is 1. The van der Waals surface area contributed by atoms with Gasteiger partial charge < -0.3 is 14.8 Å². The van der Waals surface area contributed by atoms with E-state index in [1.165, 1.54) is 0 Å². The van der Waals surface area contributed by atoms with E-state index in [2.05, 4.69) is 11.4 Å². The van der Waals surface area contributed by atoms with Crippen molar-refractivity contribution in [2.24, 2.45) is 5.41 Å². The second-order valence-electron chi connectivity index (χ2n) is 5.08. The van der Waals surface area contributed by atoms with E-state index in [0.29, 0.717) is 32.7 Å². The van der Waals surface area contributed by atoms with E-state index in [-0.39, 0.29) is 5.91 Å². The van der Waals surface area contributed by atoms with E-state index < -0.39 is 11.0 Å². The van der Waals surface area contributed by atoms with Gasteiger partial charge in [-0.15, -0.1) is 0 Å². The first kappa shape index (κ1) is 13.9. The van der Waals surface area contributed by atoms with Crippen molar-refractivity contribution in [2.45, 2.75) is 32.2 Å². The summed E-state index contributed by atoms with van der Waals surface area (Å²) in [6, 6.07) is 2.15. The Labute approximate surface area is 102 Å². The molecular weight excluding hydrogens is 220 g/mol. The van der Waals surface area contributed by atoms with Gasteiger partial charge >= 0.3 is 0 Å². The van der Waals surface area contributed by atoms with Gasteiger partial charge in [0.05, 0.1) is 18.2 Å². The normalized spacial score (nSPS) is 19.4. The molecule has 1 aliphatic heterocycles. The number of nitrogens with zero attached hydrogens (tertiary/aromatic N) is 1. The Morgan fingerprint density at radius 1 is 1.53 bits per heavy atom. The summed E-state index contributed by atoms with van der Waals surface area (Å²) in [6.45, 7) is 5.09. The second-order valence-corrected chi connectivity index (χ2v) is 5.08. The molecule has 1 amide bonds. The number of hydrogen-bond donors (Lipinski definition) is 1. The Kier molecular flexibility index (Phi) is 4.49. The summed E-state index contributed by atoms with van der Waals surface area (Å²) in [5.74, 6) is -0.217. The average molecular weight is 240 g/mol. The molecule has 0 atom stereocenters. The minimum absolute atomic E-state index is 0.217. The Bertz CT molecular complexity index is 314. The third kappa shape index (κ3) is 3.42. The summed E-state index contributed by atoms with van der Waals surface area (Å²) in [7, 11) is 1.59. The van der Waals surface area contributed by atoms with Crippen LogP contribution in [0.1, 0.15) is 26.7 Å². The summed E-state index contributed by atoms with van der Waals surface area (Å²) in [5.41, 5.74) is -1.41. The van der Waals surface area contributed by atoms with Crippen molar-refractivity contribution in [1.82, 2.24) is 5.32 Å². The molecule has 1 heterocycles. The minimum atomic E-state index is -0.941. The van der Waals surface area contributed by atoms with Crippen LogP contribution in [0.25, 0.3) is 0 Å². The summed E-state index contributed by atoms with van der Waals surface area (Å²) in [4.78, 5) is 12.2. The molecule has 1 saturated heterocycles. The minimum Gasteiger partial charge on any atom is -0.382 e. The molecule has 5 nitrogen and oxygen atoms in total. The van der Waals surface area contributed by atoms with Crippen molar-refractivity contribution >= 4 is 5.91 Å². The Hall–Kier alpha value is -1.12. The second kappa shape index (κ2) is 5.48. The van der Waals surface area contributed by atoms with Crippen LogP contribution in [0.15, 0.2) is 0 Å². The fraction of sp³-hybridized carbons (Fsp3) is 0.833. The molecule has 0 radical (unpaired) electrons. The van der Waals surface area contributed by atoms with Gasteiger partial charge in [0.2, 0.25) is 5.91 Å². The molecule has 1 rings (SSSR count). The number of methoxy groups -OCH3 is 1. The standard InChI is InChI=1S/C12H20N2O3/c1-11(2,9-16-3)14-10(15)12(8-13)4-6-17-7-5-12/h4-7,9H2,1-3H3,(H,14,15). The topological polar surface area (TPSA) is 71.3 Å². The van der Waals surface area contributed by atoms with Crippen LogP contribution < -0.4 is 5.32 Å². The van der Waals surface area contributed by atoms with Crippen molar-refractivity contribution in [3.63, 3.8) is 0 Å². The monoisotopic (exact) mass is 240 g/mol. The number of hydrogen-bond acceptors (Lipinski definition) is 4. The number of ether oxygens (including phenoxy) is 2. The fourth-order valence-corrected chi connectivity index (χ4v) is 1.93. The maximum Gasteiger partial charge on any atom is 0.241 e. The van der Waals surface area contributed by atoms with E-state index in [0.717, 1.165) is 0 Å². The number of carbonyl (C=O) groups excluding carboxylic acids is 1. The van der Waals surface area contributed by atoms with Gasteiger partial charge in [0, 0.05) is 20.3 Å². The first-order valence-corrected chi connectivity index (χ1v) is 5.76. The van der Waals surface area contributed by atoms with E-state index in [9.17, 15) is 10.1 Å². The Balaban J connectivity index is 2.70. The SMILES string of the molecule is COCC(C)(C)NC(=O)C1(C#N)CCOCC1. The lowest BCUT2D eigenvalue weighted by atomic mass is 9.80. The van der Waals surface area contributed by atoms with Crippen molar-refractivity contribution < 1.29 is 14.3 Å². The van der Waals surface area contributed by atoms with Crippen molar-refractivity contribution in [3.05, 3.63) is 0 Å². The first-order valence-electron chi connectivity index (χ1n) is 5.76. The van der Waals surface area contributed by atoms with Crippen LogP contribution in [0, 0.1) is 16.7 Å². The largest absolute Gasteiger partial charge is 0.382 e. The van der Waals surface area contributed by atoms with Crippen LogP contribution in [-0.2, 0) is 14.3 Å². The highest BCUT2D eigenvalue weighted by Crippen LogP contribution is 2.30. The molecule has 0 aromatic carbocycles. The zero-order valence-corrected chi connectivity index (χ0v) is 10.7. The van der Waals surface area contributed by atoms with Gasteiger partial charge in [-0.25, -0.2) is 0 Å². The predicted molar refractivity (Wildman–Crippen MR) is 62.2 cm³/mol. The molecule has 0 bridgehead atoms. The van der Waals surface area contributed by atoms with Crippen molar-refractivity contribution in [2.75, 3.05) is 26.9 Å². The van der Waals surface area contributed by atoms with Gasteiger partial charge in [-0.05, 0) is 26.7 Å². The van der Waals surface area contributed by atoms with E-state index in [1.807, 2.05) is 13.8 Å². The molecule has 17 heavy (non-hydrogen) atoms. The molecule has 1 fully saturated rings. The molecule has 0 saturated carbocycles. The summed E-state index contributed by atoms with van der Waals surface area (Å²) >= 11 is 0. The molecular formula is C12H20N2O3. The van der Waals surface area contributed by atoms with Gasteiger partial charge in [0.15, 0.2) is 0 Å². The lowest BCUT2D eigenvalue weighted by Crippen LogP contribution is -2.53. The van der Waals surface area contributed by atoms with Crippen LogP contribution in [0.5, 0.6) is 0 Å². The summed E-state index contributed by atoms with van der Waals surface area (Å²) < 4.78 is 10.2. The maximum absolute atomic E-state index is 12.2. The molecule has 0 unspecified atom stereocenters. The molecule has 0 aliphatic carbocycles. The van der Waals surface area contributed by atoms with Gasteiger partial charge in [-0.2, -0.15) is 5.26 Å². The lowest BCUT2D eigenvalue weighted by Gasteiger charge is -2.34. The number of amides is 1. The van der Waals surface area contributed by atoms with Gasteiger partial charge in [0.1, 0.15) is 5.41 Å². The van der Waals surface area contributed by atoms with E-state index in [1.54, 1.807) is 7.11 Å². The van der Waals surface area contributed by atoms with Gasteiger partial charge in [-0.3, -0.25) is 4.79 Å². The third-order valence-corrected chi connectivity index (χ3v) is 2.95. The Morgan fingerprint density at radius 2 is 2.12 bits per heavy atom. The number of nitriles is 1. The zero-order chi connectivity index (χ0) is 12.9. The van der Waals surface area contributed by atoms with Gasteiger partial charge in [0.25, 0.3) is 0 Å². The maximum atomic E-state index is 12.2. The molecule has 5 heteroatoms. The molecule has 0 aromatic heterocycles. The van der Waals surface area contributed by atoms with Crippen LogP contribution in [0.2, 0.25) is 0 Å². The molecule has 1 N–H and O–H groups in total. The highest BCUT2D eigenvalue weighted by molar-refractivity contribution is 5.86. The van der Waals surface area contributed by atoms with Crippen molar-refractivity contribution in [3.8, 4) is 6.07 Å². The van der Waals surface area contributed by atoms with Crippen LogP contribution in [0.4, 0.5) is 0 Å². The summed E-state index contributed by atoms with van der Waals surface area (Å²) in [5, 5.41) is 12.1. The summed E-state index contributed by atoms with van der Waals surface area (Å²) in [6.07, 6.45) is 0.913. The highest BCUT2D eigenvalue weighted by atomic mass is 16.5. The number of rotatable bonds is 4. The smallest absolute Gasteiger partial charge is 0.241 e. The third-order valence-electron chi connectivity index (χ3n) is 2.95. The average Bonchev–Trinajstić information content (AvgIpc) is 2.29. The zero-order valence-electron chi connectivity index (χ0n) is 10.7. The van der Waals surface area contributed by atoms with Crippen LogP contribution >= 0.6 is 0 Å². The van der Waals surface area contributed by atoms with Crippen LogP contribution in [-0.4, -0.2) is 38.4 Å². The van der Waals surface area contributed by atoms with Gasteiger partial charge in [-0.1, -0.05) is 0 Å². The molecule has 0 spiro atoms. The quantitative estimate of drug-likeness (QED) is 0.790. The molecule has 0 aromatic rings. The number of nitrogens with one attached hydrogen (secondary N) is 1. The molecule has 96 valence electrons. The lowest BCUT2D eigenvalue weighted by molar-refractivity contribution is -0.134. The van der Waals surface area contributed by atoms with Crippen LogP contribution in [0.3, 0.4) is 0 Å². The van der Waals surface area contributed by atoms with Crippen molar-refractivity contribution in [1.29, 1.82) is 5.26 Å². The Morgan fingerprint density at radius 3 is 2.59 bits per heavy atom. The molecule has 1 aliphatic rings.